The second-order valence-electron chi connectivity index (χ2n) is 8.23. The summed E-state index contributed by atoms with van der Waals surface area (Å²) >= 11 is 5.67. The van der Waals surface area contributed by atoms with Crippen LogP contribution in [-0.2, 0) is 27.9 Å². The standard InChI is InChI=1S/C23H20N4O4S/c1-25-20(24-27(23(25)32)17-10-18(28)22-30-12-19(17)31-22)11-26-15-8-4-2-6-13(15)21(29)14-7-3-5-9-16(14)26/h2-9,17,19,22H,10-12H2,1H3. The van der Waals surface area contributed by atoms with Gasteiger partial charge < -0.3 is 18.6 Å². The van der Waals surface area contributed by atoms with Crippen molar-refractivity contribution in [1.29, 1.82) is 0 Å². The molecule has 0 spiro atoms. The highest BCUT2D eigenvalue weighted by Crippen LogP contribution is 2.33. The number of para-hydroxylation sites is 2. The summed E-state index contributed by atoms with van der Waals surface area (Å²) < 4.78 is 17.3. The van der Waals surface area contributed by atoms with Crippen molar-refractivity contribution in [2.75, 3.05) is 6.61 Å². The molecule has 3 unspecified atom stereocenters. The van der Waals surface area contributed by atoms with Gasteiger partial charge in [0.05, 0.1) is 30.2 Å². The summed E-state index contributed by atoms with van der Waals surface area (Å²) in [5.41, 5.74) is 1.68. The number of fused-ring (bicyclic) bond motifs is 4. The molecule has 6 rings (SSSR count). The predicted molar refractivity (Wildman–Crippen MR) is 120 cm³/mol. The topological polar surface area (TPSA) is 80.3 Å². The highest BCUT2D eigenvalue weighted by molar-refractivity contribution is 7.71. The van der Waals surface area contributed by atoms with Gasteiger partial charge in [0.1, 0.15) is 6.10 Å². The molecule has 2 aromatic carbocycles. The lowest BCUT2D eigenvalue weighted by Gasteiger charge is -2.26. The van der Waals surface area contributed by atoms with Gasteiger partial charge in [0.25, 0.3) is 0 Å². The number of nitrogens with zero attached hydrogens (tertiary/aromatic N) is 4. The Kier molecular flexibility index (Phi) is 4.39. The van der Waals surface area contributed by atoms with Crippen molar-refractivity contribution < 1.29 is 14.3 Å². The molecule has 2 aliphatic rings. The fraction of sp³-hybridized carbons (Fsp3) is 0.304. The number of rotatable bonds is 3. The third kappa shape index (κ3) is 2.82. The third-order valence-corrected chi connectivity index (χ3v) is 6.86. The molecule has 4 aromatic rings. The number of aromatic nitrogens is 4. The number of pyridine rings is 1. The maximum atomic E-state index is 13.0. The second kappa shape index (κ2) is 7.19. The van der Waals surface area contributed by atoms with Crippen LogP contribution in [0.1, 0.15) is 18.3 Å². The van der Waals surface area contributed by atoms with Crippen LogP contribution in [0.25, 0.3) is 21.8 Å². The summed E-state index contributed by atoms with van der Waals surface area (Å²) in [6, 6.07) is 14.9. The van der Waals surface area contributed by atoms with Crippen LogP contribution in [0.15, 0.2) is 53.3 Å². The highest BCUT2D eigenvalue weighted by atomic mass is 32.1. The minimum Gasteiger partial charge on any atom is -0.343 e. The van der Waals surface area contributed by atoms with E-state index in [1.54, 1.807) is 4.68 Å². The SMILES string of the molecule is Cn1c(Cn2c3ccccc3c(=O)c3ccccc32)nn(C2CC(=O)C3OCC2O3)c1=S. The van der Waals surface area contributed by atoms with Crippen LogP contribution >= 0.6 is 12.2 Å². The van der Waals surface area contributed by atoms with Crippen molar-refractivity contribution in [1.82, 2.24) is 18.9 Å². The highest BCUT2D eigenvalue weighted by Gasteiger charge is 2.45. The Morgan fingerprint density at radius 3 is 2.41 bits per heavy atom. The first-order valence-corrected chi connectivity index (χ1v) is 10.9. The van der Waals surface area contributed by atoms with Gasteiger partial charge in [-0.1, -0.05) is 24.3 Å². The number of Topliss-reactive ketones (excluding diaryl/α,β-unsaturated/α-hetero) is 1. The van der Waals surface area contributed by atoms with E-state index in [2.05, 4.69) is 4.57 Å². The average molecular weight is 449 g/mol. The van der Waals surface area contributed by atoms with E-state index in [1.165, 1.54) is 0 Å². The summed E-state index contributed by atoms with van der Waals surface area (Å²) in [6.07, 6.45) is -0.724. The Bertz CT molecular complexity index is 1460. The number of carbonyl (C=O) groups excluding carboxylic acids is 1. The van der Waals surface area contributed by atoms with Crippen LogP contribution in [0.3, 0.4) is 0 Å². The van der Waals surface area contributed by atoms with Crippen molar-refractivity contribution in [3.63, 3.8) is 0 Å². The maximum Gasteiger partial charge on any atom is 0.218 e. The van der Waals surface area contributed by atoms with Crippen molar-refractivity contribution in [2.24, 2.45) is 7.05 Å². The Morgan fingerprint density at radius 2 is 1.72 bits per heavy atom. The first-order chi connectivity index (χ1) is 15.5. The Morgan fingerprint density at radius 1 is 1.06 bits per heavy atom. The third-order valence-electron chi connectivity index (χ3n) is 6.40. The number of ketones is 1. The van der Waals surface area contributed by atoms with Crippen molar-refractivity contribution in [3.8, 4) is 0 Å². The van der Waals surface area contributed by atoms with E-state index in [4.69, 9.17) is 26.8 Å². The van der Waals surface area contributed by atoms with Crippen LogP contribution in [0.5, 0.6) is 0 Å². The molecule has 0 radical (unpaired) electrons. The molecule has 2 fully saturated rings. The molecule has 2 aromatic heterocycles. The monoisotopic (exact) mass is 448 g/mol. The number of ether oxygens (including phenoxy) is 2. The smallest absolute Gasteiger partial charge is 0.218 e. The maximum absolute atomic E-state index is 13.0. The van der Waals surface area contributed by atoms with Crippen LogP contribution in [0, 0.1) is 4.77 Å². The van der Waals surface area contributed by atoms with Gasteiger partial charge in [-0.2, -0.15) is 5.10 Å². The molecule has 0 amide bonds. The molecule has 0 aliphatic carbocycles. The molecule has 8 nitrogen and oxygen atoms in total. The van der Waals surface area contributed by atoms with E-state index in [0.717, 1.165) is 16.9 Å². The quantitative estimate of drug-likeness (QED) is 0.354. The van der Waals surface area contributed by atoms with Gasteiger partial charge in [0.2, 0.25) is 6.29 Å². The van der Waals surface area contributed by atoms with Crippen LogP contribution in [0.2, 0.25) is 0 Å². The van der Waals surface area contributed by atoms with E-state index >= 15 is 0 Å². The first kappa shape index (κ1) is 19.5. The fourth-order valence-electron chi connectivity index (χ4n) is 4.71. The van der Waals surface area contributed by atoms with Gasteiger partial charge in [0.15, 0.2) is 21.8 Å². The van der Waals surface area contributed by atoms with Crippen LogP contribution in [-0.4, -0.2) is 43.7 Å². The molecule has 2 bridgehead atoms. The summed E-state index contributed by atoms with van der Waals surface area (Å²) in [6.45, 7) is 0.767. The average Bonchev–Trinajstić information content (AvgIpc) is 3.37. The molecule has 3 atom stereocenters. The van der Waals surface area contributed by atoms with Crippen LogP contribution < -0.4 is 5.43 Å². The number of carbonyl (C=O) groups is 1. The van der Waals surface area contributed by atoms with E-state index in [9.17, 15) is 9.59 Å². The van der Waals surface area contributed by atoms with Gasteiger partial charge in [-0.05, 0) is 36.5 Å². The molecule has 32 heavy (non-hydrogen) atoms. The minimum atomic E-state index is -0.757. The Hall–Kier alpha value is -3.14. The van der Waals surface area contributed by atoms with Gasteiger partial charge in [-0.15, -0.1) is 0 Å². The number of hydrogen-bond donors (Lipinski definition) is 0. The van der Waals surface area contributed by atoms with E-state index in [1.807, 2.05) is 60.1 Å². The Labute approximate surface area is 187 Å². The van der Waals surface area contributed by atoms with Gasteiger partial charge in [-0.25, -0.2) is 4.68 Å². The number of benzene rings is 2. The van der Waals surface area contributed by atoms with Crippen molar-refractivity contribution >= 4 is 39.8 Å². The summed E-state index contributed by atoms with van der Waals surface area (Å²) in [7, 11) is 1.87. The summed E-state index contributed by atoms with van der Waals surface area (Å²) in [5, 5.41) is 6.12. The molecule has 9 heteroatoms. The van der Waals surface area contributed by atoms with Gasteiger partial charge in [0, 0.05) is 24.2 Å². The lowest BCUT2D eigenvalue weighted by atomic mass is 10.0. The normalized spacial score (nSPS) is 22.8. The molecule has 2 saturated heterocycles. The zero-order valence-corrected chi connectivity index (χ0v) is 18.1. The molecule has 4 heterocycles. The van der Waals surface area contributed by atoms with E-state index in [-0.39, 0.29) is 29.8 Å². The number of hydrogen-bond acceptors (Lipinski definition) is 6. The zero-order chi connectivity index (χ0) is 22.0. The van der Waals surface area contributed by atoms with E-state index < -0.39 is 6.29 Å². The lowest BCUT2D eigenvalue weighted by Crippen LogP contribution is -2.37. The zero-order valence-electron chi connectivity index (χ0n) is 17.3. The van der Waals surface area contributed by atoms with Crippen molar-refractivity contribution in [2.45, 2.75) is 31.4 Å². The summed E-state index contributed by atoms with van der Waals surface area (Å²) in [4.78, 5) is 25.3. The fourth-order valence-corrected chi connectivity index (χ4v) is 4.99. The predicted octanol–water partition coefficient (Wildman–Crippen LogP) is 2.72. The molecular formula is C23H20N4O4S. The lowest BCUT2D eigenvalue weighted by molar-refractivity contribution is -0.156. The molecular weight excluding hydrogens is 428 g/mol. The largest absolute Gasteiger partial charge is 0.343 e. The molecule has 162 valence electrons. The van der Waals surface area contributed by atoms with Crippen LogP contribution in [0.4, 0.5) is 0 Å². The van der Waals surface area contributed by atoms with Gasteiger partial charge in [-0.3, -0.25) is 9.59 Å². The van der Waals surface area contributed by atoms with E-state index in [0.29, 0.717) is 28.7 Å². The van der Waals surface area contributed by atoms with Gasteiger partial charge >= 0.3 is 0 Å². The van der Waals surface area contributed by atoms with Crippen molar-refractivity contribution in [3.05, 3.63) is 69.3 Å². The first-order valence-electron chi connectivity index (χ1n) is 10.5. The molecule has 0 saturated carbocycles. The molecule has 2 aliphatic heterocycles. The molecule has 0 N–H and O–H groups in total. The second-order valence-corrected chi connectivity index (χ2v) is 8.59. The Balaban J connectivity index is 1.50. The minimum absolute atomic E-state index is 0.0139. The summed E-state index contributed by atoms with van der Waals surface area (Å²) in [5.74, 6) is 0.637.